The van der Waals surface area contributed by atoms with Gasteiger partial charge in [0.15, 0.2) is 0 Å². The number of nitrogens with one attached hydrogen (secondary N) is 1. The predicted octanol–water partition coefficient (Wildman–Crippen LogP) is 4.22. The number of hydrogen-bond donors (Lipinski definition) is 1. The molecule has 0 atom stereocenters. The van der Waals surface area contributed by atoms with Crippen LogP contribution >= 0.6 is 0 Å². The molecular weight excluding hydrogens is 305 g/mol. The van der Waals surface area contributed by atoms with Crippen LogP contribution in [0.5, 0.6) is 11.6 Å². The molecule has 0 aliphatic rings. The van der Waals surface area contributed by atoms with Crippen molar-refractivity contribution in [2.24, 2.45) is 0 Å². The summed E-state index contributed by atoms with van der Waals surface area (Å²) in [7, 11) is 0. The molecule has 24 heavy (non-hydrogen) atoms. The lowest BCUT2D eigenvalue weighted by Crippen LogP contribution is -2.13. The van der Waals surface area contributed by atoms with E-state index in [2.05, 4.69) is 17.3 Å². The van der Waals surface area contributed by atoms with Crippen LogP contribution in [0.15, 0.2) is 54.6 Å². The summed E-state index contributed by atoms with van der Waals surface area (Å²) >= 11 is 0. The second-order valence-electron chi connectivity index (χ2n) is 5.45. The maximum atomic E-state index is 13.1. The van der Waals surface area contributed by atoms with Gasteiger partial charge in [0, 0.05) is 6.54 Å². The largest absolute Gasteiger partial charge is 0.439 e. The van der Waals surface area contributed by atoms with Gasteiger partial charge < -0.3 is 10.1 Å². The van der Waals surface area contributed by atoms with Crippen molar-refractivity contribution < 1.29 is 9.13 Å². The molecule has 1 aromatic heterocycles. The van der Waals surface area contributed by atoms with Gasteiger partial charge in [0.2, 0.25) is 5.88 Å². The highest BCUT2D eigenvalue weighted by Gasteiger charge is 2.18. The Labute approximate surface area is 140 Å². The van der Waals surface area contributed by atoms with Crippen molar-refractivity contribution in [3.63, 3.8) is 0 Å². The lowest BCUT2D eigenvalue weighted by atomic mass is 10.2. The second-order valence-corrected chi connectivity index (χ2v) is 5.45. The molecule has 5 heteroatoms. The van der Waals surface area contributed by atoms with Crippen molar-refractivity contribution in [2.45, 2.75) is 20.4 Å². The molecule has 0 saturated heterocycles. The SMILES string of the molecule is CCNCc1c(C)nn(-c2ccccc2)c1Oc1ccc(F)cc1. The molecule has 0 aliphatic heterocycles. The molecule has 4 nitrogen and oxygen atoms in total. The summed E-state index contributed by atoms with van der Waals surface area (Å²) in [5.74, 6) is 0.931. The lowest BCUT2D eigenvalue weighted by molar-refractivity contribution is 0.436. The first-order chi connectivity index (χ1) is 11.7. The van der Waals surface area contributed by atoms with Crippen LogP contribution in [-0.4, -0.2) is 16.3 Å². The number of benzene rings is 2. The third-order valence-corrected chi connectivity index (χ3v) is 3.72. The van der Waals surface area contributed by atoms with Gasteiger partial charge in [0.05, 0.1) is 16.9 Å². The van der Waals surface area contributed by atoms with Gasteiger partial charge in [0.25, 0.3) is 0 Å². The first kappa shape index (κ1) is 16.2. The minimum absolute atomic E-state index is 0.289. The molecule has 3 rings (SSSR count). The number of aryl methyl sites for hydroxylation is 1. The summed E-state index contributed by atoms with van der Waals surface area (Å²) in [5.41, 5.74) is 2.81. The third kappa shape index (κ3) is 3.46. The fourth-order valence-electron chi connectivity index (χ4n) is 2.46. The number of aromatic nitrogens is 2. The van der Waals surface area contributed by atoms with E-state index in [0.717, 1.165) is 23.5 Å². The molecule has 3 aromatic rings. The van der Waals surface area contributed by atoms with Gasteiger partial charge in [-0.2, -0.15) is 5.10 Å². The van der Waals surface area contributed by atoms with Gasteiger partial charge in [-0.05, 0) is 49.9 Å². The number of hydrogen-bond acceptors (Lipinski definition) is 3. The first-order valence-corrected chi connectivity index (χ1v) is 7.97. The smallest absolute Gasteiger partial charge is 0.227 e. The maximum absolute atomic E-state index is 13.1. The number of rotatable bonds is 6. The van der Waals surface area contributed by atoms with Gasteiger partial charge in [-0.1, -0.05) is 25.1 Å². The highest BCUT2D eigenvalue weighted by atomic mass is 19.1. The van der Waals surface area contributed by atoms with E-state index in [1.165, 1.54) is 12.1 Å². The predicted molar refractivity (Wildman–Crippen MR) is 92.2 cm³/mol. The van der Waals surface area contributed by atoms with Crippen LogP contribution in [0.2, 0.25) is 0 Å². The summed E-state index contributed by atoms with van der Waals surface area (Å²) in [6.07, 6.45) is 0. The maximum Gasteiger partial charge on any atom is 0.227 e. The molecule has 0 unspecified atom stereocenters. The highest BCUT2D eigenvalue weighted by Crippen LogP contribution is 2.30. The zero-order valence-corrected chi connectivity index (χ0v) is 13.8. The zero-order chi connectivity index (χ0) is 16.9. The third-order valence-electron chi connectivity index (χ3n) is 3.72. The molecule has 0 fully saturated rings. The van der Waals surface area contributed by atoms with E-state index < -0.39 is 0 Å². The van der Waals surface area contributed by atoms with Crippen LogP contribution in [0.4, 0.5) is 4.39 Å². The van der Waals surface area contributed by atoms with E-state index >= 15 is 0 Å². The van der Waals surface area contributed by atoms with Crippen LogP contribution in [0.1, 0.15) is 18.2 Å². The highest BCUT2D eigenvalue weighted by molar-refractivity contribution is 5.43. The number of halogens is 1. The van der Waals surface area contributed by atoms with Gasteiger partial charge in [-0.3, -0.25) is 0 Å². The Balaban J connectivity index is 2.04. The van der Waals surface area contributed by atoms with Gasteiger partial charge >= 0.3 is 0 Å². The summed E-state index contributed by atoms with van der Waals surface area (Å²) in [6.45, 7) is 5.53. The summed E-state index contributed by atoms with van der Waals surface area (Å²) in [4.78, 5) is 0. The van der Waals surface area contributed by atoms with Crippen molar-refractivity contribution in [3.05, 3.63) is 71.7 Å². The minimum Gasteiger partial charge on any atom is -0.439 e. The average Bonchev–Trinajstić information content (AvgIpc) is 2.91. The molecule has 0 radical (unpaired) electrons. The van der Waals surface area contributed by atoms with E-state index in [4.69, 9.17) is 4.74 Å². The fraction of sp³-hybridized carbons (Fsp3) is 0.211. The minimum atomic E-state index is -0.289. The van der Waals surface area contributed by atoms with Crippen LogP contribution < -0.4 is 10.1 Å². The first-order valence-electron chi connectivity index (χ1n) is 7.97. The van der Waals surface area contributed by atoms with Crippen LogP contribution in [0, 0.1) is 12.7 Å². The molecule has 0 spiro atoms. The van der Waals surface area contributed by atoms with Crippen LogP contribution in [0.25, 0.3) is 5.69 Å². The molecule has 124 valence electrons. The van der Waals surface area contributed by atoms with E-state index in [1.54, 1.807) is 16.8 Å². The molecule has 1 heterocycles. The van der Waals surface area contributed by atoms with Crippen molar-refractivity contribution in [1.29, 1.82) is 0 Å². The molecule has 0 amide bonds. The lowest BCUT2D eigenvalue weighted by Gasteiger charge is -2.11. The number of ether oxygens (including phenoxy) is 1. The van der Waals surface area contributed by atoms with Crippen LogP contribution in [0.3, 0.4) is 0 Å². The number of para-hydroxylation sites is 1. The Bertz CT molecular complexity index is 797. The zero-order valence-electron chi connectivity index (χ0n) is 13.8. The van der Waals surface area contributed by atoms with E-state index in [9.17, 15) is 4.39 Å². The summed E-state index contributed by atoms with van der Waals surface area (Å²) in [6, 6.07) is 15.8. The molecule has 2 aromatic carbocycles. The summed E-state index contributed by atoms with van der Waals surface area (Å²) in [5, 5.41) is 7.94. The van der Waals surface area contributed by atoms with E-state index in [-0.39, 0.29) is 5.82 Å². The van der Waals surface area contributed by atoms with E-state index in [0.29, 0.717) is 18.2 Å². The van der Waals surface area contributed by atoms with Gasteiger partial charge in [-0.15, -0.1) is 0 Å². The van der Waals surface area contributed by atoms with Gasteiger partial charge in [0.1, 0.15) is 11.6 Å². The molecule has 0 aliphatic carbocycles. The van der Waals surface area contributed by atoms with Crippen molar-refractivity contribution in [1.82, 2.24) is 15.1 Å². The second kappa shape index (κ2) is 7.27. The Morgan fingerprint density at radius 1 is 1.08 bits per heavy atom. The van der Waals surface area contributed by atoms with Crippen molar-refractivity contribution in [3.8, 4) is 17.3 Å². The number of nitrogens with zero attached hydrogens (tertiary/aromatic N) is 2. The Morgan fingerprint density at radius 3 is 2.46 bits per heavy atom. The summed E-state index contributed by atoms with van der Waals surface area (Å²) < 4.78 is 21.0. The normalized spacial score (nSPS) is 10.8. The molecule has 0 saturated carbocycles. The Morgan fingerprint density at radius 2 is 1.79 bits per heavy atom. The Hall–Kier alpha value is -2.66. The Kier molecular flexibility index (Phi) is 4.91. The standard InChI is InChI=1S/C19H20FN3O/c1-3-21-13-18-14(2)22-23(16-7-5-4-6-8-16)19(18)24-17-11-9-15(20)10-12-17/h4-12,21H,3,13H2,1-2H3. The van der Waals surface area contributed by atoms with Crippen molar-refractivity contribution >= 4 is 0 Å². The monoisotopic (exact) mass is 325 g/mol. The van der Waals surface area contributed by atoms with Gasteiger partial charge in [-0.25, -0.2) is 9.07 Å². The topological polar surface area (TPSA) is 39.1 Å². The fourth-order valence-corrected chi connectivity index (χ4v) is 2.46. The van der Waals surface area contributed by atoms with Crippen molar-refractivity contribution in [2.75, 3.05) is 6.54 Å². The van der Waals surface area contributed by atoms with Crippen LogP contribution in [-0.2, 0) is 6.54 Å². The molecule has 0 bridgehead atoms. The van der Waals surface area contributed by atoms with E-state index in [1.807, 2.05) is 37.3 Å². The quantitative estimate of drug-likeness (QED) is 0.737. The molecular formula is C19H20FN3O. The average molecular weight is 325 g/mol. The molecule has 1 N–H and O–H groups in total.